The van der Waals surface area contributed by atoms with Gasteiger partial charge in [0.05, 0.1) is 19.4 Å². The summed E-state index contributed by atoms with van der Waals surface area (Å²) in [6.45, 7) is 2.20. The van der Waals surface area contributed by atoms with Crippen LogP contribution in [0.1, 0.15) is 34.9 Å². The number of ether oxygens (including phenoxy) is 1. The Morgan fingerprint density at radius 3 is 2.44 bits per heavy atom. The number of rotatable bonds is 9. The summed E-state index contributed by atoms with van der Waals surface area (Å²) in [6.07, 6.45) is 2.54. The second kappa shape index (κ2) is 11.9. The molecule has 1 aliphatic heterocycles. The normalized spacial score (nSPS) is 18.0. The van der Waals surface area contributed by atoms with Gasteiger partial charge in [-0.2, -0.15) is 4.98 Å². The minimum Gasteiger partial charge on any atom is -0.381 e. The Morgan fingerprint density at radius 2 is 1.62 bits per heavy atom. The molecule has 5 aromatic rings. The van der Waals surface area contributed by atoms with Crippen LogP contribution in [0.15, 0.2) is 102 Å². The van der Waals surface area contributed by atoms with Crippen molar-refractivity contribution in [1.29, 1.82) is 0 Å². The number of nitrogens with zero attached hydrogens (tertiary/aromatic N) is 3. The van der Waals surface area contributed by atoms with Crippen molar-refractivity contribution in [3.05, 3.63) is 120 Å². The molecule has 2 atom stereocenters. The standard InChI is InChI=1S/C33H33N3O3/c37-23-36-19-18-30(31(21-36)38-22-25-12-14-26-6-4-5-9-29(26)20-25)27-15-10-24(11-16-27)13-17-32-34-33(39-35-32)28-7-2-1-3-8-28/h1-12,14-16,20,30-31,37H,13,17-19,21-23H2. The molecule has 0 bridgehead atoms. The van der Waals surface area contributed by atoms with Crippen LogP contribution in [0.2, 0.25) is 0 Å². The average molecular weight is 520 g/mol. The predicted molar refractivity (Wildman–Crippen MR) is 152 cm³/mol. The summed E-state index contributed by atoms with van der Waals surface area (Å²) >= 11 is 0. The lowest BCUT2D eigenvalue weighted by atomic mass is 9.86. The van der Waals surface area contributed by atoms with Crippen molar-refractivity contribution in [2.24, 2.45) is 0 Å². The van der Waals surface area contributed by atoms with Crippen LogP contribution in [0.25, 0.3) is 22.2 Å². The zero-order valence-corrected chi connectivity index (χ0v) is 21.9. The summed E-state index contributed by atoms with van der Waals surface area (Å²) in [4.78, 5) is 6.61. The molecular formula is C33H33N3O3. The van der Waals surface area contributed by atoms with Gasteiger partial charge in [-0.05, 0) is 58.5 Å². The number of aliphatic hydroxyl groups is 1. The summed E-state index contributed by atoms with van der Waals surface area (Å²) < 4.78 is 12.0. The van der Waals surface area contributed by atoms with Gasteiger partial charge in [0.25, 0.3) is 5.89 Å². The lowest BCUT2D eigenvalue weighted by Crippen LogP contribution is -2.44. The smallest absolute Gasteiger partial charge is 0.257 e. The van der Waals surface area contributed by atoms with Gasteiger partial charge in [0.2, 0.25) is 0 Å². The van der Waals surface area contributed by atoms with E-state index in [1.54, 1.807) is 0 Å². The molecule has 39 heavy (non-hydrogen) atoms. The highest BCUT2D eigenvalue weighted by Gasteiger charge is 2.31. The third kappa shape index (κ3) is 6.09. The van der Waals surface area contributed by atoms with Crippen LogP contribution >= 0.6 is 0 Å². The number of hydrogen-bond donors (Lipinski definition) is 1. The van der Waals surface area contributed by atoms with Crippen molar-refractivity contribution in [1.82, 2.24) is 15.0 Å². The number of fused-ring (bicyclic) bond motifs is 1. The topological polar surface area (TPSA) is 71.6 Å². The van der Waals surface area contributed by atoms with Crippen molar-refractivity contribution in [3.8, 4) is 11.5 Å². The lowest BCUT2D eigenvalue weighted by Gasteiger charge is -2.38. The molecular weight excluding hydrogens is 486 g/mol. The minimum atomic E-state index is 0.0129. The van der Waals surface area contributed by atoms with Crippen LogP contribution in [0, 0.1) is 0 Å². The van der Waals surface area contributed by atoms with Gasteiger partial charge in [-0.15, -0.1) is 0 Å². The average Bonchev–Trinajstić information content (AvgIpc) is 3.49. The SMILES string of the molecule is OCN1CCC(c2ccc(CCc3noc(-c4ccccc4)n3)cc2)C(OCc2ccc3ccccc3c2)C1. The van der Waals surface area contributed by atoms with E-state index in [1.807, 2.05) is 30.3 Å². The van der Waals surface area contributed by atoms with E-state index in [2.05, 4.69) is 81.8 Å². The second-order valence-electron chi connectivity index (χ2n) is 10.3. The summed E-state index contributed by atoms with van der Waals surface area (Å²) in [5, 5.41) is 16.4. The Bertz CT molecular complexity index is 1500. The van der Waals surface area contributed by atoms with E-state index >= 15 is 0 Å². The highest BCUT2D eigenvalue weighted by molar-refractivity contribution is 5.82. The molecule has 198 valence electrons. The first kappa shape index (κ1) is 25.4. The molecule has 6 heteroatoms. The number of aryl methyl sites for hydroxylation is 2. The fraction of sp³-hybridized carbons (Fsp3) is 0.273. The molecule has 0 spiro atoms. The lowest BCUT2D eigenvalue weighted by molar-refractivity contribution is -0.0442. The zero-order chi connectivity index (χ0) is 26.4. The van der Waals surface area contributed by atoms with E-state index in [9.17, 15) is 5.11 Å². The first-order chi connectivity index (χ1) is 19.2. The molecule has 2 heterocycles. The molecule has 1 N–H and O–H groups in total. The van der Waals surface area contributed by atoms with Crippen molar-refractivity contribution in [3.63, 3.8) is 0 Å². The summed E-state index contributed by atoms with van der Waals surface area (Å²) in [7, 11) is 0. The van der Waals surface area contributed by atoms with Gasteiger partial charge in [-0.25, -0.2) is 0 Å². The number of piperidine rings is 1. The van der Waals surface area contributed by atoms with E-state index < -0.39 is 0 Å². The van der Waals surface area contributed by atoms with Crippen LogP contribution in [0.5, 0.6) is 0 Å². The number of benzene rings is 4. The number of aliphatic hydroxyl groups excluding tert-OH is 1. The first-order valence-electron chi connectivity index (χ1n) is 13.6. The Morgan fingerprint density at radius 1 is 0.846 bits per heavy atom. The van der Waals surface area contributed by atoms with Crippen molar-refractivity contribution in [2.75, 3.05) is 19.8 Å². The van der Waals surface area contributed by atoms with Crippen LogP contribution in [0.3, 0.4) is 0 Å². The number of hydrogen-bond acceptors (Lipinski definition) is 6. The number of likely N-dealkylation sites (tertiary alicyclic amines) is 1. The first-order valence-corrected chi connectivity index (χ1v) is 13.6. The molecule has 2 unspecified atom stereocenters. The highest BCUT2D eigenvalue weighted by Crippen LogP contribution is 2.31. The Hall–Kier alpha value is -3.84. The molecule has 6 rings (SSSR count). The van der Waals surface area contributed by atoms with Crippen LogP contribution in [0.4, 0.5) is 0 Å². The van der Waals surface area contributed by atoms with Crippen LogP contribution in [-0.2, 0) is 24.2 Å². The highest BCUT2D eigenvalue weighted by atomic mass is 16.5. The molecule has 4 aromatic carbocycles. The largest absolute Gasteiger partial charge is 0.381 e. The van der Waals surface area contributed by atoms with E-state index in [-0.39, 0.29) is 18.8 Å². The van der Waals surface area contributed by atoms with Gasteiger partial charge in [0.1, 0.15) is 0 Å². The van der Waals surface area contributed by atoms with Gasteiger partial charge in [0, 0.05) is 31.0 Å². The second-order valence-corrected chi connectivity index (χ2v) is 10.3. The van der Waals surface area contributed by atoms with Crippen LogP contribution < -0.4 is 0 Å². The minimum absolute atomic E-state index is 0.0129. The monoisotopic (exact) mass is 519 g/mol. The zero-order valence-electron chi connectivity index (χ0n) is 21.9. The molecule has 0 saturated carbocycles. The molecule has 6 nitrogen and oxygen atoms in total. The van der Waals surface area contributed by atoms with Crippen molar-refractivity contribution in [2.45, 2.75) is 37.9 Å². The fourth-order valence-corrected chi connectivity index (χ4v) is 5.43. The third-order valence-corrected chi connectivity index (χ3v) is 7.66. The van der Waals surface area contributed by atoms with Crippen molar-refractivity contribution >= 4 is 10.8 Å². The van der Waals surface area contributed by atoms with Gasteiger partial charge >= 0.3 is 0 Å². The molecule has 1 saturated heterocycles. The van der Waals surface area contributed by atoms with Crippen molar-refractivity contribution < 1.29 is 14.4 Å². The van der Waals surface area contributed by atoms with E-state index in [1.165, 1.54) is 27.5 Å². The fourth-order valence-electron chi connectivity index (χ4n) is 5.43. The quantitative estimate of drug-likeness (QED) is 0.258. The summed E-state index contributed by atoms with van der Waals surface area (Å²) in [5.41, 5.74) is 4.63. The summed E-state index contributed by atoms with van der Waals surface area (Å²) in [5.74, 6) is 1.56. The Labute approximate surface area is 228 Å². The summed E-state index contributed by atoms with van der Waals surface area (Å²) in [6, 6.07) is 33.6. The molecule has 1 fully saturated rings. The van der Waals surface area contributed by atoms with Gasteiger partial charge in [0.15, 0.2) is 5.82 Å². The Balaban J connectivity index is 1.10. The molecule has 0 radical (unpaired) electrons. The van der Waals surface area contributed by atoms with Gasteiger partial charge in [-0.3, -0.25) is 4.90 Å². The van der Waals surface area contributed by atoms with E-state index in [0.29, 0.717) is 12.5 Å². The molecule has 0 aliphatic carbocycles. The maximum atomic E-state index is 9.78. The number of aromatic nitrogens is 2. The van der Waals surface area contributed by atoms with Crippen LogP contribution in [-0.4, -0.2) is 46.1 Å². The molecule has 0 amide bonds. The maximum Gasteiger partial charge on any atom is 0.257 e. The maximum absolute atomic E-state index is 9.78. The molecule has 1 aromatic heterocycles. The van der Waals surface area contributed by atoms with E-state index in [0.717, 1.165) is 43.7 Å². The van der Waals surface area contributed by atoms with Gasteiger partial charge in [-0.1, -0.05) is 84.0 Å². The molecule has 1 aliphatic rings. The van der Waals surface area contributed by atoms with E-state index in [4.69, 9.17) is 9.26 Å². The Kier molecular flexibility index (Phi) is 7.77. The predicted octanol–water partition coefficient (Wildman–Crippen LogP) is 6.00. The van der Waals surface area contributed by atoms with Gasteiger partial charge < -0.3 is 14.4 Å². The third-order valence-electron chi connectivity index (χ3n) is 7.66.